The summed E-state index contributed by atoms with van der Waals surface area (Å²) in [6.07, 6.45) is 5.48. The fourth-order valence-corrected chi connectivity index (χ4v) is 2.10. The van der Waals surface area contributed by atoms with Crippen molar-refractivity contribution in [1.29, 1.82) is 0 Å². The van der Waals surface area contributed by atoms with E-state index in [1.165, 1.54) is 12.0 Å². The van der Waals surface area contributed by atoms with Crippen LogP contribution in [0.15, 0.2) is 41.3 Å². The third kappa shape index (κ3) is 1.23. The van der Waals surface area contributed by atoms with Crippen molar-refractivity contribution in [1.82, 2.24) is 4.98 Å². The molecule has 0 unspecified atom stereocenters. The normalized spacial score (nSPS) is 17.6. The van der Waals surface area contributed by atoms with Crippen LogP contribution < -0.4 is 5.73 Å². The predicted molar refractivity (Wildman–Crippen MR) is 57.4 cm³/mol. The quantitative estimate of drug-likeness (QED) is 0.757. The van der Waals surface area contributed by atoms with Gasteiger partial charge in [-0.3, -0.25) is 0 Å². The molecule has 0 bridgehead atoms. The second kappa shape index (κ2) is 2.86. The van der Waals surface area contributed by atoms with E-state index in [4.69, 9.17) is 10.2 Å². The molecule has 0 aliphatic heterocycles. The largest absolute Gasteiger partial charge is 0.451 e. The van der Waals surface area contributed by atoms with Crippen LogP contribution in [0.5, 0.6) is 0 Å². The highest BCUT2D eigenvalue weighted by molar-refractivity contribution is 5.49. The number of aromatic nitrogens is 1. The summed E-state index contributed by atoms with van der Waals surface area (Å²) in [5.41, 5.74) is 8.94. The van der Waals surface area contributed by atoms with E-state index in [1.807, 2.05) is 18.2 Å². The van der Waals surface area contributed by atoms with Crippen LogP contribution >= 0.6 is 0 Å². The van der Waals surface area contributed by atoms with Gasteiger partial charge in [0.05, 0.1) is 5.69 Å². The Hall–Kier alpha value is -1.77. The average molecular weight is 200 g/mol. The van der Waals surface area contributed by atoms with E-state index in [-0.39, 0.29) is 5.41 Å². The van der Waals surface area contributed by atoms with Crippen LogP contribution in [-0.4, -0.2) is 4.98 Å². The minimum Gasteiger partial charge on any atom is -0.451 e. The van der Waals surface area contributed by atoms with Gasteiger partial charge >= 0.3 is 0 Å². The topological polar surface area (TPSA) is 52.0 Å². The molecule has 1 aromatic heterocycles. The number of nitrogens with two attached hydrogens (primary N) is 1. The molecule has 0 radical (unpaired) electrons. The SMILES string of the molecule is Nc1cccc(C2(c3cocn3)CC2)c1. The summed E-state index contributed by atoms with van der Waals surface area (Å²) in [6, 6.07) is 8.03. The Morgan fingerprint density at radius 1 is 1.33 bits per heavy atom. The molecule has 76 valence electrons. The molecule has 2 aromatic rings. The zero-order valence-corrected chi connectivity index (χ0v) is 8.31. The highest BCUT2D eigenvalue weighted by Gasteiger charge is 2.47. The molecule has 0 atom stereocenters. The van der Waals surface area contributed by atoms with Crippen molar-refractivity contribution in [2.45, 2.75) is 18.3 Å². The van der Waals surface area contributed by atoms with E-state index in [1.54, 1.807) is 6.26 Å². The molecular formula is C12H12N2O. The predicted octanol–water partition coefficient (Wildman–Crippen LogP) is 2.34. The van der Waals surface area contributed by atoms with Crippen LogP contribution in [0.2, 0.25) is 0 Å². The summed E-state index contributed by atoms with van der Waals surface area (Å²) in [7, 11) is 0. The number of rotatable bonds is 2. The van der Waals surface area contributed by atoms with Crippen molar-refractivity contribution >= 4 is 5.69 Å². The lowest BCUT2D eigenvalue weighted by molar-refractivity contribution is 0.555. The van der Waals surface area contributed by atoms with Gasteiger partial charge in [0.25, 0.3) is 0 Å². The van der Waals surface area contributed by atoms with E-state index in [2.05, 4.69) is 11.1 Å². The van der Waals surface area contributed by atoms with Crippen LogP contribution in [0.4, 0.5) is 5.69 Å². The Morgan fingerprint density at radius 2 is 2.20 bits per heavy atom. The molecule has 1 aliphatic carbocycles. The average Bonchev–Trinajstić information content (AvgIpc) is 2.87. The molecular weight excluding hydrogens is 188 g/mol. The van der Waals surface area contributed by atoms with E-state index in [9.17, 15) is 0 Å². The standard InChI is InChI=1S/C12H12N2O/c13-10-3-1-2-9(6-10)12(4-5-12)11-7-15-8-14-11/h1-3,6-8H,4-5,13H2. The van der Waals surface area contributed by atoms with Crippen LogP contribution in [0.1, 0.15) is 24.1 Å². The first-order chi connectivity index (χ1) is 7.31. The lowest BCUT2D eigenvalue weighted by Crippen LogP contribution is -2.09. The van der Waals surface area contributed by atoms with E-state index >= 15 is 0 Å². The lowest BCUT2D eigenvalue weighted by atomic mass is 9.93. The second-order valence-electron chi connectivity index (χ2n) is 4.08. The van der Waals surface area contributed by atoms with Crippen molar-refractivity contribution < 1.29 is 4.42 Å². The molecule has 1 saturated carbocycles. The van der Waals surface area contributed by atoms with Gasteiger partial charge in [0.15, 0.2) is 6.39 Å². The lowest BCUT2D eigenvalue weighted by Gasteiger charge is -2.12. The van der Waals surface area contributed by atoms with Gasteiger partial charge in [-0.05, 0) is 30.5 Å². The minimum atomic E-state index is 0.0718. The van der Waals surface area contributed by atoms with Crippen molar-refractivity contribution in [3.63, 3.8) is 0 Å². The number of nitrogens with zero attached hydrogens (tertiary/aromatic N) is 1. The molecule has 3 nitrogen and oxygen atoms in total. The summed E-state index contributed by atoms with van der Waals surface area (Å²) in [6.45, 7) is 0. The second-order valence-corrected chi connectivity index (χ2v) is 4.08. The molecule has 0 saturated heterocycles. The maximum Gasteiger partial charge on any atom is 0.180 e. The monoisotopic (exact) mass is 200 g/mol. The molecule has 3 rings (SSSR count). The Morgan fingerprint density at radius 3 is 2.80 bits per heavy atom. The minimum absolute atomic E-state index is 0.0718. The van der Waals surface area contributed by atoms with Crippen molar-refractivity contribution in [3.05, 3.63) is 48.2 Å². The van der Waals surface area contributed by atoms with Crippen molar-refractivity contribution in [3.8, 4) is 0 Å². The van der Waals surface area contributed by atoms with Crippen LogP contribution in [-0.2, 0) is 5.41 Å². The molecule has 0 amide bonds. The Balaban J connectivity index is 2.07. The summed E-state index contributed by atoms with van der Waals surface area (Å²) >= 11 is 0. The number of anilines is 1. The molecule has 1 heterocycles. The van der Waals surface area contributed by atoms with Crippen LogP contribution in [0, 0.1) is 0 Å². The number of hydrogen-bond donors (Lipinski definition) is 1. The summed E-state index contributed by atoms with van der Waals surface area (Å²) in [4.78, 5) is 4.25. The molecule has 0 spiro atoms. The maximum atomic E-state index is 5.79. The van der Waals surface area contributed by atoms with Gasteiger partial charge in [-0.15, -0.1) is 0 Å². The third-order valence-corrected chi connectivity index (χ3v) is 3.11. The Labute approximate surface area is 87.9 Å². The van der Waals surface area contributed by atoms with E-state index in [0.717, 1.165) is 24.2 Å². The van der Waals surface area contributed by atoms with Gasteiger partial charge in [-0.25, -0.2) is 4.98 Å². The number of benzene rings is 1. The first kappa shape index (κ1) is 8.53. The van der Waals surface area contributed by atoms with Gasteiger partial charge in [-0.1, -0.05) is 12.1 Å². The maximum absolute atomic E-state index is 5.79. The Kier molecular flexibility index (Phi) is 1.63. The zero-order valence-electron chi connectivity index (χ0n) is 8.31. The van der Waals surface area contributed by atoms with Crippen LogP contribution in [0.3, 0.4) is 0 Å². The van der Waals surface area contributed by atoms with Gasteiger partial charge in [0.1, 0.15) is 6.26 Å². The summed E-state index contributed by atoms with van der Waals surface area (Å²) < 4.78 is 5.05. The first-order valence-corrected chi connectivity index (χ1v) is 5.06. The van der Waals surface area contributed by atoms with Gasteiger partial charge in [0, 0.05) is 11.1 Å². The van der Waals surface area contributed by atoms with Crippen LogP contribution in [0.25, 0.3) is 0 Å². The van der Waals surface area contributed by atoms with Crippen molar-refractivity contribution in [2.75, 3.05) is 5.73 Å². The Bertz CT molecular complexity index is 472. The number of nitrogen functional groups attached to an aromatic ring is 1. The fourth-order valence-electron chi connectivity index (χ4n) is 2.10. The molecule has 1 aliphatic rings. The fraction of sp³-hybridized carbons (Fsp3) is 0.250. The summed E-state index contributed by atoms with van der Waals surface area (Å²) in [5.74, 6) is 0. The zero-order chi connectivity index (χ0) is 10.3. The molecule has 1 aromatic carbocycles. The first-order valence-electron chi connectivity index (χ1n) is 5.06. The number of hydrogen-bond acceptors (Lipinski definition) is 3. The van der Waals surface area contributed by atoms with E-state index < -0.39 is 0 Å². The van der Waals surface area contributed by atoms with Gasteiger partial charge in [-0.2, -0.15) is 0 Å². The highest BCUT2D eigenvalue weighted by Crippen LogP contribution is 2.52. The molecule has 2 N–H and O–H groups in total. The summed E-state index contributed by atoms with van der Waals surface area (Å²) in [5, 5.41) is 0. The van der Waals surface area contributed by atoms with Crippen molar-refractivity contribution in [2.24, 2.45) is 0 Å². The third-order valence-electron chi connectivity index (χ3n) is 3.11. The van der Waals surface area contributed by atoms with Gasteiger partial charge < -0.3 is 10.2 Å². The highest BCUT2D eigenvalue weighted by atomic mass is 16.3. The molecule has 3 heteroatoms. The van der Waals surface area contributed by atoms with Gasteiger partial charge in [0.2, 0.25) is 0 Å². The smallest absolute Gasteiger partial charge is 0.180 e. The van der Waals surface area contributed by atoms with E-state index in [0.29, 0.717) is 0 Å². The molecule has 15 heavy (non-hydrogen) atoms. The molecule has 1 fully saturated rings. The number of oxazole rings is 1.